The number of nitrogens with zero attached hydrogens (tertiary/aromatic N) is 2. The van der Waals surface area contributed by atoms with Gasteiger partial charge in [-0.25, -0.2) is 0 Å². The summed E-state index contributed by atoms with van der Waals surface area (Å²) >= 11 is 0. The number of ether oxygens (including phenoxy) is 2. The first-order valence-corrected chi connectivity index (χ1v) is 12.0. The maximum atomic E-state index is 13.9. The van der Waals surface area contributed by atoms with Gasteiger partial charge < -0.3 is 24.6 Å². The summed E-state index contributed by atoms with van der Waals surface area (Å²) < 4.78 is 10.8. The van der Waals surface area contributed by atoms with Crippen LogP contribution in [0.4, 0.5) is 11.4 Å². The second-order valence-electron chi connectivity index (χ2n) is 8.94. The van der Waals surface area contributed by atoms with Crippen molar-refractivity contribution >= 4 is 23.2 Å². The highest BCUT2D eigenvalue weighted by Crippen LogP contribution is 2.29. The van der Waals surface area contributed by atoms with Gasteiger partial charge in [-0.3, -0.25) is 9.59 Å². The van der Waals surface area contributed by atoms with Gasteiger partial charge in [0.05, 0.1) is 12.0 Å². The van der Waals surface area contributed by atoms with Gasteiger partial charge in [0, 0.05) is 52.3 Å². The lowest BCUT2D eigenvalue weighted by Gasteiger charge is -2.31. The molecule has 1 N–H and O–H groups in total. The third-order valence-corrected chi connectivity index (χ3v) is 6.15. The van der Waals surface area contributed by atoms with Crippen LogP contribution < -0.4 is 10.2 Å². The Kier molecular flexibility index (Phi) is 9.48. The maximum Gasteiger partial charge on any atom is 0.250 e. The lowest BCUT2D eigenvalue weighted by Crippen LogP contribution is -2.40. The Labute approximate surface area is 203 Å². The topological polar surface area (TPSA) is 71.1 Å². The molecule has 1 fully saturated rings. The molecule has 0 aliphatic carbocycles. The number of hydrogen-bond donors (Lipinski definition) is 1. The number of anilines is 2. The molecule has 2 amide bonds. The van der Waals surface area contributed by atoms with Crippen LogP contribution in [-0.2, 0) is 25.6 Å². The van der Waals surface area contributed by atoms with Gasteiger partial charge in [0.1, 0.15) is 6.61 Å². The zero-order valence-electron chi connectivity index (χ0n) is 20.8. The van der Waals surface area contributed by atoms with Gasteiger partial charge in [0.15, 0.2) is 0 Å². The van der Waals surface area contributed by atoms with Crippen molar-refractivity contribution in [3.8, 4) is 0 Å². The molecule has 2 aromatic rings. The molecule has 1 heterocycles. The Hall–Kier alpha value is -2.90. The van der Waals surface area contributed by atoms with Gasteiger partial charge in [0.2, 0.25) is 11.8 Å². The van der Waals surface area contributed by atoms with Crippen LogP contribution >= 0.6 is 0 Å². The molecule has 3 rings (SSSR count). The summed E-state index contributed by atoms with van der Waals surface area (Å²) in [4.78, 5) is 29.9. The number of amides is 2. The van der Waals surface area contributed by atoms with Crippen LogP contribution in [0, 0.1) is 0 Å². The molecule has 184 valence electrons. The van der Waals surface area contributed by atoms with E-state index in [9.17, 15) is 9.59 Å². The average molecular weight is 468 g/mol. The predicted octanol–water partition coefficient (Wildman–Crippen LogP) is 4.04. The summed E-state index contributed by atoms with van der Waals surface area (Å²) in [6, 6.07) is 15.8. The normalized spacial score (nSPS) is 16.2. The fourth-order valence-corrected chi connectivity index (χ4v) is 4.49. The van der Waals surface area contributed by atoms with Crippen molar-refractivity contribution in [1.82, 2.24) is 4.90 Å². The second kappa shape index (κ2) is 12.5. The van der Waals surface area contributed by atoms with Gasteiger partial charge in [-0.15, -0.1) is 0 Å². The summed E-state index contributed by atoms with van der Waals surface area (Å²) in [5.74, 6) is -0.328. The van der Waals surface area contributed by atoms with Gasteiger partial charge in [0.25, 0.3) is 0 Å². The van der Waals surface area contributed by atoms with Gasteiger partial charge >= 0.3 is 0 Å². The van der Waals surface area contributed by atoms with E-state index < -0.39 is 0 Å². The third-order valence-electron chi connectivity index (χ3n) is 6.15. The van der Waals surface area contributed by atoms with Gasteiger partial charge in [-0.1, -0.05) is 37.3 Å². The molecule has 7 nitrogen and oxygen atoms in total. The number of benzene rings is 2. The van der Waals surface area contributed by atoms with Crippen LogP contribution in [0.5, 0.6) is 0 Å². The van der Waals surface area contributed by atoms with E-state index in [1.807, 2.05) is 72.4 Å². The minimum absolute atomic E-state index is 0.0103. The zero-order valence-corrected chi connectivity index (χ0v) is 20.8. The molecule has 2 atom stereocenters. The SMILES string of the molecule is CCC(C(=O)N(Cc1cc(NC(=O)COC)ccc1N(C)C)CC1CCCO1)c1ccccc1. The summed E-state index contributed by atoms with van der Waals surface area (Å²) in [6.07, 6.45) is 2.74. The smallest absolute Gasteiger partial charge is 0.250 e. The molecule has 2 aromatic carbocycles. The monoisotopic (exact) mass is 467 g/mol. The summed E-state index contributed by atoms with van der Waals surface area (Å²) in [7, 11) is 5.45. The van der Waals surface area contributed by atoms with E-state index in [0.717, 1.165) is 42.7 Å². The van der Waals surface area contributed by atoms with E-state index in [0.29, 0.717) is 18.8 Å². The van der Waals surface area contributed by atoms with E-state index in [1.54, 1.807) is 0 Å². The highest BCUT2D eigenvalue weighted by Gasteiger charge is 2.29. The molecule has 2 unspecified atom stereocenters. The maximum absolute atomic E-state index is 13.9. The summed E-state index contributed by atoms with van der Waals surface area (Å²) in [5.41, 5.74) is 3.68. The molecule has 0 bridgehead atoms. The van der Waals surface area contributed by atoms with E-state index in [-0.39, 0.29) is 30.4 Å². The number of nitrogens with one attached hydrogen (secondary N) is 1. The van der Waals surface area contributed by atoms with Crippen molar-refractivity contribution < 1.29 is 19.1 Å². The molecule has 1 aliphatic heterocycles. The molecular formula is C27H37N3O4. The Balaban J connectivity index is 1.91. The van der Waals surface area contributed by atoms with E-state index in [2.05, 4.69) is 12.2 Å². The van der Waals surface area contributed by atoms with Crippen LogP contribution in [0.3, 0.4) is 0 Å². The molecule has 0 aromatic heterocycles. The minimum Gasteiger partial charge on any atom is -0.377 e. The fourth-order valence-electron chi connectivity index (χ4n) is 4.49. The second-order valence-corrected chi connectivity index (χ2v) is 8.94. The Morgan fingerprint density at radius 3 is 2.56 bits per heavy atom. The summed E-state index contributed by atoms with van der Waals surface area (Å²) in [5, 5.41) is 2.87. The van der Waals surface area contributed by atoms with Gasteiger partial charge in [-0.05, 0) is 48.6 Å². The first-order chi connectivity index (χ1) is 16.4. The molecule has 34 heavy (non-hydrogen) atoms. The quantitative estimate of drug-likeness (QED) is 0.540. The molecule has 1 aliphatic rings. The van der Waals surface area contributed by atoms with Crippen LogP contribution in [0.15, 0.2) is 48.5 Å². The van der Waals surface area contributed by atoms with E-state index in [4.69, 9.17) is 9.47 Å². The van der Waals surface area contributed by atoms with E-state index in [1.165, 1.54) is 7.11 Å². The lowest BCUT2D eigenvalue weighted by atomic mass is 9.94. The van der Waals surface area contributed by atoms with Crippen molar-refractivity contribution in [3.63, 3.8) is 0 Å². The summed E-state index contributed by atoms with van der Waals surface area (Å²) in [6.45, 7) is 3.77. The number of methoxy groups -OCH3 is 1. The highest BCUT2D eigenvalue weighted by atomic mass is 16.5. The van der Waals surface area contributed by atoms with Crippen LogP contribution in [0.2, 0.25) is 0 Å². The van der Waals surface area contributed by atoms with Crippen molar-refractivity contribution in [2.45, 2.75) is 44.8 Å². The molecule has 7 heteroatoms. The Morgan fingerprint density at radius 2 is 1.94 bits per heavy atom. The highest BCUT2D eigenvalue weighted by molar-refractivity contribution is 5.92. The Bertz CT molecular complexity index is 942. The first-order valence-electron chi connectivity index (χ1n) is 12.0. The predicted molar refractivity (Wildman–Crippen MR) is 135 cm³/mol. The van der Waals surface area contributed by atoms with Crippen LogP contribution in [0.25, 0.3) is 0 Å². The van der Waals surface area contributed by atoms with Crippen molar-refractivity contribution in [1.29, 1.82) is 0 Å². The molecule has 1 saturated heterocycles. The number of carbonyl (C=O) groups excluding carboxylic acids is 2. The van der Waals surface area contributed by atoms with Crippen molar-refractivity contribution in [3.05, 3.63) is 59.7 Å². The number of rotatable bonds is 11. The largest absolute Gasteiger partial charge is 0.377 e. The van der Waals surface area contributed by atoms with Crippen molar-refractivity contribution in [2.24, 2.45) is 0 Å². The van der Waals surface area contributed by atoms with E-state index >= 15 is 0 Å². The fraction of sp³-hybridized carbons (Fsp3) is 0.481. The molecule has 0 radical (unpaired) electrons. The zero-order chi connectivity index (χ0) is 24.5. The first kappa shape index (κ1) is 25.7. The average Bonchev–Trinajstić information content (AvgIpc) is 3.33. The van der Waals surface area contributed by atoms with Crippen LogP contribution in [-0.4, -0.2) is 63.8 Å². The Morgan fingerprint density at radius 1 is 1.18 bits per heavy atom. The number of hydrogen-bond acceptors (Lipinski definition) is 5. The standard InChI is InChI=1S/C27H37N3O4/c1-5-24(20-10-7-6-8-11-20)27(32)30(18-23-12-9-15-34-23)17-21-16-22(28-26(31)19-33-4)13-14-25(21)29(2)3/h6-8,10-11,13-14,16,23-24H,5,9,12,15,17-19H2,1-4H3,(H,28,31). The third kappa shape index (κ3) is 6.81. The van der Waals surface area contributed by atoms with Crippen molar-refractivity contribution in [2.75, 3.05) is 51.2 Å². The number of carbonyl (C=O) groups is 2. The lowest BCUT2D eigenvalue weighted by molar-refractivity contribution is -0.135. The van der Waals surface area contributed by atoms with Gasteiger partial charge in [-0.2, -0.15) is 0 Å². The minimum atomic E-state index is -0.214. The molecular weight excluding hydrogens is 430 g/mol. The van der Waals surface area contributed by atoms with Crippen LogP contribution in [0.1, 0.15) is 43.2 Å². The molecule has 0 spiro atoms. The molecule has 0 saturated carbocycles.